The summed E-state index contributed by atoms with van der Waals surface area (Å²) in [4.78, 5) is 2.44. The van der Waals surface area contributed by atoms with E-state index in [0.717, 1.165) is 24.3 Å². The number of hydrogen-bond acceptors (Lipinski definition) is 3. The van der Waals surface area contributed by atoms with Gasteiger partial charge in [0.15, 0.2) is 0 Å². The normalized spacial score (nSPS) is 19.8. The van der Waals surface area contributed by atoms with Crippen LogP contribution in [0.15, 0.2) is 18.2 Å². The van der Waals surface area contributed by atoms with Gasteiger partial charge in [-0.15, -0.1) is 0 Å². The molecule has 2 N–H and O–H groups in total. The number of nitrogens with zero attached hydrogens (tertiary/aromatic N) is 1. The molecule has 1 aliphatic heterocycles. The molecule has 0 aliphatic carbocycles. The molecular formula is C13H20N2S. The maximum absolute atomic E-state index is 5.96. The zero-order valence-corrected chi connectivity index (χ0v) is 11.1. The first-order valence-electron chi connectivity index (χ1n) is 5.73. The SMILES string of the molecule is Cc1ccc(N2CCSC(C)(C)C2)cc1N. The second-order valence-corrected chi connectivity index (χ2v) is 6.87. The lowest BCUT2D eigenvalue weighted by atomic mass is 10.1. The van der Waals surface area contributed by atoms with Crippen molar-refractivity contribution < 1.29 is 0 Å². The van der Waals surface area contributed by atoms with Gasteiger partial charge in [0.2, 0.25) is 0 Å². The van der Waals surface area contributed by atoms with Gasteiger partial charge in [0, 0.05) is 35.0 Å². The zero-order valence-electron chi connectivity index (χ0n) is 10.3. The third-order valence-corrected chi connectivity index (χ3v) is 4.35. The van der Waals surface area contributed by atoms with Crippen LogP contribution in [-0.2, 0) is 0 Å². The van der Waals surface area contributed by atoms with E-state index >= 15 is 0 Å². The highest BCUT2D eigenvalue weighted by Crippen LogP contribution is 2.33. The van der Waals surface area contributed by atoms with Gasteiger partial charge in [0.05, 0.1) is 0 Å². The number of nitrogens with two attached hydrogens (primary N) is 1. The molecule has 1 fully saturated rings. The number of anilines is 2. The van der Waals surface area contributed by atoms with E-state index in [0.29, 0.717) is 4.75 Å². The van der Waals surface area contributed by atoms with Gasteiger partial charge in [-0.05, 0) is 38.5 Å². The van der Waals surface area contributed by atoms with E-state index in [-0.39, 0.29) is 0 Å². The van der Waals surface area contributed by atoms with Crippen molar-refractivity contribution in [3.05, 3.63) is 23.8 Å². The topological polar surface area (TPSA) is 29.3 Å². The van der Waals surface area contributed by atoms with Crippen molar-refractivity contribution in [3.8, 4) is 0 Å². The van der Waals surface area contributed by atoms with Crippen molar-refractivity contribution in [1.29, 1.82) is 0 Å². The molecule has 0 unspecified atom stereocenters. The summed E-state index contributed by atoms with van der Waals surface area (Å²) in [7, 11) is 0. The van der Waals surface area contributed by atoms with Crippen LogP contribution < -0.4 is 10.6 Å². The Morgan fingerprint density at radius 3 is 2.75 bits per heavy atom. The van der Waals surface area contributed by atoms with Gasteiger partial charge in [-0.3, -0.25) is 0 Å². The first-order valence-corrected chi connectivity index (χ1v) is 6.71. The number of rotatable bonds is 1. The summed E-state index contributed by atoms with van der Waals surface area (Å²) >= 11 is 2.05. The van der Waals surface area contributed by atoms with Crippen molar-refractivity contribution in [2.75, 3.05) is 29.5 Å². The minimum absolute atomic E-state index is 0.345. The van der Waals surface area contributed by atoms with E-state index in [1.165, 1.54) is 11.4 Å². The maximum atomic E-state index is 5.96. The van der Waals surface area contributed by atoms with Crippen LogP contribution in [0.2, 0.25) is 0 Å². The minimum Gasteiger partial charge on any atom is -0.398 e. The van der Waals surface area contributed by atoms with Crippen molar-refractivity contribution in [2.45, 2.75) is 25.5 Å². The van der Waals surface area contributed by atoms with E-state index in [9.17, 15) is 0 Å². The Kier molecular flexibility index (Phi) is 3.06. The van der Waals surface area contributed by atoms with E-state index in [1.54, 1.807) is 0 Å². The molecule has 1 saturated heterocycles. The summed E-state index contributed by atoms with van der Waals surface area (Å²) in [5.74, 6) is 1.20. The molecule has 0 atom stereocenters. The van der Waals surface area contributed by atoms with E-state index in [4.69, 9.17) is 5.73 Å². The predicted molar refractivity (Wildman–Crippen MR) is 74.3 cm³/mol. The van der Waals surface area contributed by atoms with Crippen LogP contribution in [0.5, 0.6) is 0 Å². The molecular weight excluding hydrogens is 216 g/mol. The Hall–Kier alpha value is -0.830. The van der Waals surface area contributed by atoms with Crippen molar-refractivity contribution in [3.63, 3.8) is 0 Å². The van der Waals surface area contributed by atoms with Crippen LogP contribution in [0, 0.1) is 6.92 Å². The molecule has 1 aliphatic rings. The Morgan fingerprint density at radius 1 is 1.38 bits per heavy atom. The fraction of sp³-hybridized carbons (Fsp3) is 0.538. The zero-order chi connectivity index (χ0) is 11.8. The first-order chi connectivity index (χ1) is 7.48. The van der Waals surface area contributed by atoms with Gasteiger partial charge < -0.3 is 10.6 Å². The standard InChI is InChI=1S/C13H20N2S/c1-10-4-5-11(8-12(10)14)15-6-7-16-13(2,3)9-15/h4-5,8H,6-7,9,14H2,1-3H3. The van der Waals surface area contributed by atoms with Gasteiger partial charge >= 0.3 is 0 Å². The summed E-state index contributed by atoms with van der Waals surface area (Å²) in [6.07, 6.45) is 0. The Morgan fingerprint density at radius 2 is 2.12 bits per heavy atom. The molecule has 0 saturated carbocycles. The Bertz CT molecular complexity index is 388. The van der Waals surface area contributed by atoms with Crippen molar-refractivity contribution in [2.24, 2.45) is 0 Å². The summed E-state index contributed by atoms with van der Waals surface area (Å²) in [5.41, 5.74) is 9.28. The molecule has 1 heterocycles. The molecule has 88 valence electrons. The lowest BCUT2D eigenvalue weighted by Gasteiger charge is -2.39. The fourth-order valence-corrected chi connectivity index (χ4v) is 3.17. The van der Waals surface area contributed by atoms with Crippen LogP contribution in [0.4, 0.5) is 11.4 Å². The molecule has 0 aromatic heterocycles. The van der Waals surface area contributed by atoms with Crippen LogP contribution in [-0.4, -0.2) is 23.6 Å². The van der Waals surface area contributed by atoms with Crippen LogP contribution in [0.1, 0.15) is 19.4 Å². The number of thioether (sulfide) groups is 1. The predicted octanol–water partition coefficient (Wildman–Crippen LogP) is 2.91. The van der Waals surface area contributed by atoms with Crippen LogP contribution in [0.25, 0.3) is 0 Å². The fourth-order valence-electron chi connectivity index (χ4n) is 2.06. The Labute approximate surface area is 102 Å². The number of benzene rings is 1. The quantitative estimate of drug-likeness (QED) is 0.760. The van der Waals surface area contributed by atoms with E-state index in [2.05, 4.69) is 55.6 Å². The summed E-state index contributed by atoms with van der Waals surface area (Å²) in [6, 6.07) is 6.39. The minimum atomic E-state index is 0.345. The molecule has 3 heteroatoms. The lowest BCUT2D eigenvalue weighted by molar-refractivity contribution is 0.648. The molecule has 2 nitrogen and oxygen atoms in total. The summed E-state index contributed by atoms with van der Waals surface area (Å²) in [5, 5.41) is 0. The lowest BCUT2D eigenvalue weighted by Crippen LogP contribution is -2.43. The number of nitrogen functional groups attached to an aromatic ring is 1. The highest BCUT2D eigenvalue weighted by molar-refractivity contribution is 8.00. The maximum Gasteiger partial charge on any atom is 0.0387 e. The molecule has 0 amide bonds. The molecule has 0 radical (unpaired) electrons. The summed E-state index contributed by atoms with van der Waals surface area (Å²) in [6.45, 7) is 8.88. The van der Waals surface area contributed by atoms with Gasteiger partial charge in [-0.25, -0.2) is 0 Å². The molecule has 1 aromatic carbocycles. The van der Waals surface area contributed by atoms with E-state index < -0.39 is 0 Å². The third-order valence-electron chi connectivity index (χ3n) is 3.05. The highest BCUT2D eigenvalue weighted by Gasteiger charge is 2.27. The van der Waals surface area contributed by atoms with Crippen molar-refractivity contribution in [1.82, 2.24) is 0 Å². The van der Waals surface area contributed by atoms with Gasteiger partial charge in [-0.2, -0.15) is 11.8 Å². The van der Waals surface area contributed by atoms with Gasteiger partial charge in [-0.1, -0.05) is 6.07 Å². The second-order valence-electron chi connectivity index (χ2n) is 5.07. The van der Waals surface area contributed by atoms with Crippen LogP contribution in [0.3, 0.4) is 0 Å². The molecule has 0 spiro atoms. The van der Waals surface area contributed by atoms with E-state index in [1.807, 2.05) is 0 Å². The monoisotopic (exact) mass is 236 g/mol. The summed E-state index contributed by atoms with van der Waals surface area (Å²) < 4.78 is 0.345. The second kappa shape index (κ2) is 4.21. The number of aryl methyl sites for hydroxylation is 1. The van der Waals surface area contributed by atoms with Crippen LogP contribution >= 0.6 is 11.8 Å². The Balaban J connectivity index is 2.20. The molecule has 1 aromatic rings. The molecule has 16 heavy (non-hydrogen) atoms. The highest BCUT2D eigenvalue weighted by atomic mass is 32.2. The first kappa shape index (κ1) is 11.6. The van der Waals surface area contributed by atoms with Gasteiger partial charge in [0.1, 0.15) is 0 Å². The molecule has 2 rings (SSSR count). The third kappa shape index (κ3) is 2.46. The largest absolute Gasteiger partial charge is 0.398 e. The average Bonchev–Trinajstić information content (AvgIpc) is 2.20. The average molecular weight is 236 g/mol. The smallest absolute Gasteiger partial charge is 0.0387 e. The van der Waals surface area contributed by atoms with Crippen molar-refractivity contribution >= 4 is 23.1 Å². The van der Waals surface area contributed by atoms with Gasteiger partial charge in [0.25, 0.3) is 0 Å². The molecule has 0 bridgehead atoms. The number of hydrogen-bond donors (Lipinski definition) is 1.